The number of benzene rings is 3. The van der Waals surface area contributed by atoms with E-state index in [-0.39, 0.29) is 11.8 Å². The molecule has 5 heteroatoms. The number of hydrogen-bond acceptors (Lipinski definition) is 4. The zero-order chi connectivity index (χ0) is 22.1. The van der Waals surface area contributed by atoms with Crippen LogP contribution in [0.25, 0.3) is 5.57 Å². The van der Waals surface area contributed by atoms with Crippen LogP contribution in [0.4, 0.5) is 11.4 Å². The van der Waals surface area contributed by atoms with E-state index in [0.29, 0.717) is 35.7 Å². The first-order valence-corrected chi connectivity index (χ1v) is 11.0. The molecule has 3 aromatic carbocycles. The minimum Gasteiger partial charge on any atom is -0.494 e. The Balaban J connectivity index is 1.62. The Bertz CT molecular complexity index is 1200. The Labute approximate surface area is 187 Å². The predicted molar refractivity (Wildman–Crippen MR) is 126 cm³/mol. The van der Waals surface area contributed by atoms with Gasteiger partial charge in [-0.3, -0.25) is 9.59 Å². The first-order chi connectivity index (χ1) is 15.7. The highest BCUT2D eigenvalue weighted by Crippen LogP contribution is 2.40. The highest BCUT2D eigenvalue weighted by molar-refractivity contribution is 6.46. The number of fused-ring (bicyclic) bond motifs is 1. The standard InChI is InChI=1S/C27H24N2O3/c1-2-18-32-22-14-12-20(13-15-22)24-25(28-17-16-19-8-6-7-11-23(19)28)27(31)29(26(24)30)21-9-4-3-5-10-21/h3-15H,2,16-18H2,1H3. The number of ether oxygens (including phenoxy) is 1. The third kappa shape index (κ3) is 3.36. The highest BCUT2D eigenvalue weighted by Gasteiger charge is 2.44. The number of rotatable bonds is 6. The van der Waals surface area contributed by atoms with Crippen molar-refractivity contribution in [3.63, 3.8) is 0 Å². The molecule has 0 N–H and O–H groups in total. The molecule has 0 saturated carbocycles. The summed E-state index contributed by atoms with van der Waals surface area (Å²) >= 11 is 0. The summed E-state index contributed by atoms with van der Waals surface area (Å²) in [5, 5.41) is 0. The van der Waals surface area contributed by atoms with Gasteiger partial charge in [-0.25, -0.2) is 4.90 Å². The van der Waals surface area contributed by atoms with Gasteiger partial charge < -0.3 is 9.64 Å². The lowest BCUT2D eigenvalue weighted by molar-refractivity contribution is -0.120. The van der Waals surface area contributed by atoms with E-state index in [0.717, 1.165) is 24.3 Å². The molecule has 3 aromatic rings. The molecule has 32 heavy (non-hydrogen) atoms. The molecule has 160 valence electrons. The van der Waals surface area contributed by atoms with E-state index in [1.54, 1.807) is 12.1 Å². The summed E-state index contributed by atoms with van der Waals surface area (Å²) in [5.74, 6) is 0.156. The van der Waals surface area contributed by atoms with Gasteiger partial charge in [0.25, 0.3) is 11.8 Å². The Morgan fingerprint density at radius 3 is 2.31 bits per heavy atom. The average Bonchev–Trinajstić information content (AvgIpc) is 3.36. The minimum atomic E-state index is -0.303. The molecule has 0 saturated heterocycles. The van der Waals surface area contributed by atoms with Crippen molar-refractivity contribution in [3.8, 4) is 5.75 Å². The van der Waals surface area contributed by atoms with Gasteiger partial charge in [0.1, 0.15) is 11.4 Å². The van der Waals surface area contributed by atoms with Gasteiger partial charge in [0.15, 0.2) is 0 Å². The third-order valence-corrected chi connectivity index (χ3v) is 5.85. The summed E-state index contributed by atoms with van der Waals surface area (Å²) in [4.78, 5) is 30.6. The fraction of sp³-hybridized carbons (Fsp3) is 0.185. The molecule has 5 rings (SSSR count). The zero-order valence-corrected chi connectivity index (χ0v) is 18.0. The summed E-state index contributed by atoms with van der Waals surface area (Å²) < 4.78 is 5.70. The maximum absolute atomic E-state index is 13.7. The van der Waals surface area contributed by atoms with Gasteiger partial charge >= 0.3 is 0 Å². The minimum absolute atomic E-state index is 0.292. The van der Waals surface area contributed by atoms with Crippen molar-refractivity contribution in [1.29, 1.82) is 0 Å². The smallest absolute Gasteiger partial charge is 0.282 e. The number of para-hydroxylation sites is 2. The van der Waals surface area contributed by atoms with Crippen molar-refractivity contribution >= 4 is 28.8 Å². The maximum atomic E-state index is 13.7. The van der Waals surface area contributed by atoms with Crippen LogP contribution in [0.5, 0.6) is 5.75 Å². The lowest BCUT2D eigenvalue weighted by Crippen LogP contribution is -2.34. The molecule has 2 aliphatic heterocycles. The van der Waals surface area contributed by atoms with E-state index in [1.807, 2.05) is 65.6 Å². The van der Waals surface area contributed by atoms with Crippen molar-refractivity contribution in [1.82, 2.24) is 0 Å². The topological polar surface area (TPSA) is 49.9 Å². The molecule has 0 aromatic heterocycles. The molecule has 0 fully saturated rings. The molecule has 5 nitrogen and oxygen atoms in total. The van der Waals surface area contributed by atoms with Crippen molar-refractivity contribution in [2.75, 3.05) is 23.0 Å². The van der Waals surface area contributed by atoms with Crippen LogP contribution in [0.2, 0.25) is 0 Å². The second-order valence-electron chi connectivity index (χ2n) is 7.91. The molecule has 0 bridgehead atoms. The molecule has 0 radical (unpaired) electrons. The Hall–Kier alpha value is -3.86. The number of anilines is 2. The summed E-state index contributed by atoms with van der Waals surface area (Å²) in [5.41, 5.74) is 4.32. The van der Waals surface area contributed by atoms with Gasteiger partial charge in [0.05, 0.1) is 17.9 Å². The first-order valence-electron chi connectivity index (χ1n) is 11.0. The number of carbonyl (C=O) groups excluding carboxylic acids is 2. The Morgan fingerprint density at radius 2 is 1.56 bits per heavy atom. The van der Waals surface area contributed by atoms with Crippen molar-refractivity contribution in [3.05, 3.63) is 95.7 Å². The molecule has 2 aliphatic rings. The van der Waals surface area contributed by atoms with Crippen molar-refractivity contribution in [2.24, 2.45) is 0 Å². The molecule has 0 spiro atoms. The molecule has 0 atom stereocenters. The maximum Gasteiger partial charge on any atom is 0.282 e. The van der Waals surface area contributed by atoms with Gasteiger partial charge in [-0.1, -0.05) is 55.5 Å². The number of amides is 2. The molecule has 0 unspecified atom stereocenters. The summed E-state index contributed by atoms with van der Waals surface area (Å²) in [6.45, 7) is 3.36. The van der Waals surface area contributed by atoms with Crippen LogP contribution in [0.15, 0.2) is 84.6 Å². The van der Waals surface area contributed by atoms with Crippen molar-refractivity contribution in [2.45, 2.75) is 19.8 Å². The first kappa shape index (κ1) is 20.1. The molecule has 2 heterocycles. The second kappa shape index (κ2) is 8.35. The van der Waals surface area contributed by atoms with E-state index in [2.05, 4.69) is 13.0 Å². The van der Waals surface area contributed by atoms with Crippen LogP contribution in [0.1, 0.15) is 24.5 Å². The Kier molecular flexibility index (Phi) is 5.23. The lowest BCUT2D eigenvalue weighted by Gasteiger charge is -2.21. The third-order valence-electron chi connectivity index (χ3n) is 5.85. The quantitative estimate of drug-likeness (QED) is 0.532. The second-order valence-corrected chi connectivity index (χ2v) is 7.91. The summed E-state index contributed by atoms with van der Waals surface area (Å²) in [6.07, 6.45) is 1.76. The van der Waals surface area contributed by atoms with Crippen LogP contribution in [0.3, 0.4) is 0 Å². The van der Waals surface area contributed by atoms with Gasteiger partial charge in [-0.05, 0) is 54.3 Å². The van der Waals surface area contributed by atoms with Crippen LogP contribution >= 0.6 is 0 Å². The molecular formula is C27H24N2O3. The summed E-state index contributed by atoms with van der Waals surface area (Å²) in [7, 11) is 0. The van der Waals surface area contributed by atoms with Crippen LogP contribution < -0.4 is 14.5 Å². The molecule has 0 aliphatic carbocycles. The molecular weight excluding hydrogens is 400 g/mol. The number of imide groups is 1. The SMILES string of the molecule is CCCOc1ccc(C2=C(N3CCc4ccccc43)C(=O)N(c3ccccc3)C2=O)cc1. The van der Waals surface area contributed by atoms with Gasteiger partial charge in [-0.15, -0.1) is 0 Å². The zero-order valence-electron chi connectivity index (χ0n) is 18.0. The van der Waals surface area contributed by atoms with Gasteiger partial charge in [0, 0.05) is 12.2 Å². The monoisotopic (exact) mass is 424 g/mol. The van der Waals surface area contributed by atoms with Crippen LogP contribution in [-0.2, 0) is 16.0 Å². The van der Waals surface area contributed by atoms with E-state index < -0.39 is 0 Å². The van der Waals surface area contributed by atoms with E-state index in [9.17, 15) is 9.59 Å². The number of nitrogens with zero attached hydrogens (tertiary/aromatic N) is 2. The fourth-order valence-electron chi connectivity index (χ4n) is 4.35. The van der Waals surface area contributed by atoms with Crippen LogP contribution in [0, 0.1) is 0 Å². The van der Waals surface area contributed by atoms with E-state index >= 15 is 0 Å². The van der Waals surface area contributed by atoms with Crippen LogP contribution in [-0.4, -0.2) is 25.0 Å². The summed E-state index contributed by atoms with van der Waals surface area (Å²) in [6, 6.07) is 24.6. The highest BCUT2D eigenvalue weighted by atomic mass is 16.5. The van der Waals surface area contributed by atoms with E-state index in [4.69, 9.17) is 4.74 Å². The van der Waals surface area contributed by atoms with Crippen molar-refractivity contribution < 1.29 is 14.3 Å². The fourth-order valence-corrected chi connectivity index (χ4v) is 4.35. The lowest BCUT2D eigenvalue weighted by atomic mass is 10.0. The largest absolute Gasteiger partial charge is 0.494 e. The normalized spacial score (nSPS) is 15.5. The number of carbonyl (C=O) groups is 2. The Morgan fingerprint density at radius 1 is 0.844 bits per heavy atom. The van der Waals surface area contributed by atoms with E-state index in [1.165, 1.54) is 10.5 Å². The van der Waals surface area contributed by atoms with Gasteiger partial charge in [-0.2, -0.15) is 0 Å². The molecule has 2 amide bonds. The van der Waals surface area contributed by atoms with Gasteiger partial charge in [0.2, 0.25) is 0 Å². The predicted octanol–water partition coefficient (Wildman–Crippen LogP) is 4.82. The number of hydrogen-bond donors (Lipinski definition) is 0. The average molecular weight is 425 g/mol.